The van der Waals surface area contributed by atoms with E-state index in [0.717, 1.165) is 43.0 Å². The lowest BCUT2D eigenvalue weighted by atomic mass is 10.1. The van der Waals surface area contributed by atoms with Crippen LogP contribution >= 0.6 is 0 Å². The van der Waals surface area contributed by atoms with Crippen LogP contribution in [-0.2, 0) is 24.2 Å². The molecule has 1 aromatic carbocycles. The van der Waals surface area contributed by atoms with Crippen molar-refractivity contribution in [1.29, 1.82) is 0 Å². The number of aromatic nitrogens is 3. The summed E-state index contributed by atoms with van der Waals surface area (Å²) in [7, 11) is 3.48. The number of aliphatic imine (C=N–C) groups is 1. The minimum Gasteiger partial charge on any atom is -0.352 e. The van der Waals surface area contributed by atoms with Crippen LogP contribution in [0.1, 0.15) is 43.5 Å². The van der Waals surface area contributed by atoms with Crippen LogP contribution < -0.4 is 10.6 Å². The van der Waals surface area contributed by atoms with Gasteiger partial charge in [-0.25, -0.2) is 14.7 Å². The highest BCUT2D eigenvalue weighted by Crippen LogP contribution is 2.14. The summed E-state index contributed by atoms with van der Waals surface area (Å²) in [4.78, 5) is 22.7. The van der Waals surface area contributed by atoms with Crippen LogP contribution in [0.5, 0.6) is 0 Å². The van der Waals surface area contributed by atoms with E-state index in [1.807, 2.05) is 22.9 Å². The van der Waals surface area contributed by atoms with E-state index in [0.29, 0.717) is 5.96 Å². The zero-order chi connectivity index (χ0) is 20.8. The summed E-state index contributed by atoms with van der Waals surface area (Å²) in [6.07, 6.45) is 2.67. The fourth-order valence-electron chi connectivity index (χ4n) is 3.27. The number of likely N-dealkylation sites (N-methyl/N-ethyl adjacent to an activating group) is 1. The van der Waals surface area contributed by atoms with E-state index < -0.39 is 0 Å². The first kappa shape index (κ1) is 20.8. The second-order valence-electron chi connectivity index (χ2n) is 7.59. The van der Waals surface area contributed by atoms with Gasteiger partial charge in [0.25, 0.3) is 0 Å². The van der Waals surface area contributed by atoms with E-state index in [-0.39, 0.29) is 24.5 Å². The lowest BCUT2D eigenvalue weighted by molar-refractivity contribution is -0.127. The van der Waals surface area contributed by atoms with Crippen LogP contribution in [-0.4, -0.2) is 58.2 Å². The van der Waals surface area contributed by atoms with Crippen molar-refractivity contribution in [3.8, 4) is 0 Å². The van der Waals surface area contributed by atoms with Gasteiger partial charge in [-0.05, 0) is 18.9 Å². The van der Waals surface area contributed by atoms with E-state index in [4.69, 9.17) is 0 Å². The molecule has 0 bridgehead atoms. The molecule has 29 heavy (non-hydrogen) atoms. The average Bonchev–Trinajstić information content (AvgIpc) is 3.14. The molecule has 2 atom stereocenters. The fourth-order valence-corrected chi connectivity index (χ4v) is 3.27. The number of aryl methyl sites for hydroxylation is 2. The molecule has 0 radical (unpaired) electrons. The summed E-state index contributed by atoms with van der Waals surface area (Å²) in [6.45, 7) is 5.00. The Morgan fingerprint density at radius 1 is 1.34 bits per heavy atom. The van der Waals surface area contributed by atoms with Crippen LogP contribution in [0.3, 0.4) is 0 Å². The number of nitrogens with one attached hydrogen (secondary N) is 2. The number of nitrogens with zero attached hydrogens (tertiary/aromatic N) is 5. The molecule has 0 saturated heterocycles. The quantitative estimate of drug-likeness (QED) is 0.570. The number of carbonyl (C=O) groups is 1. The van der Waals surface area contributed by atoms with Gasteiger partial charge < -0.3 is 15.5 Å². The van der Waals surface area contributed by atoms with Crippen molar-refractivity contribution in [2.24, 2.45) is 4.99 Å². The Hall–Kier alpha value is -2.90. The molecule has 2 unspecified atom stereocenters. The molecule has 0 saturated carbocycles. The zero-order valence-electron chi connectivity index (χ0n) is 17.7. The molecule has 1 amide bonds. The van der Waals surface area contributed by atoms with E-state index in [9.17, 15) is 4.79 Å². The SMILES string of the molecule is CCc1nc2n(n1)CC(NC(=NCC(=O)N(C)C)NC(C)c1ccccc1)CC2. The van der Waals surface area contributed by atoms with Gasteiger partial charge in [0.2, 0.25) is 5.91 Å². The minimum absolute atomic E-state index is 0.0340. The topological polar surface area (TPSA) is 87.4 Å². The minimum atomic E-state index is -0.0340. The highest BCUT2D eigenvalue weighted by atomic mass is 16.2. The van der Waals surface area contributed by atoms with Crippen molar-refractivity contribution in [3.63, 3.8) is 0 Å². The normalized spacial score (nSPS) is 17.4. The number of guanidine groups is 1. The summed E-state index contributed by atoms with van der Waals surface area (Å²) in [5.41, 5.74) is 1.16. The Balaban J connectivity index is 1.70. The first-order valence-corrected chi connectivity index (χ1v) is 10.2. The third-order valence-corrected chi connectivity index (χ3v) is 5.08. The summed E-state index contributed by atoms with van der Waals surface area (Å²) in [5, 5.41) is 11.5. The Bertz CT molecular complexity index is 844. The summed E-state index contributed by atoms with van der Waals surface area (Å²) in [5.74, 6) is 2.54. The molecule has 156 valence electrons. The highest BCUT2D eigenvalue weighted by molar-refractivity contribution is 5.85. The molecule has 0 fully saturated rings. The van der Waals surface area contributed by atoms with E-state index in [1.54, 1.807) is 19.0 Å². The van der Waals surface area contributed by atoms with Crippen molar-refractivity contribution in [2.45, 2.75) is 51.7 Å². The van der Waals surface area contributed by atoms with Gasteiger partial charge in [-0.15, -0.1) is 0 Å². The van der Waals surface area contributed by atoms with Crippen LogP contribution in [0.25, 0.3) is 0 Å². The number of benzene rings is 1. The van der Waals surface area contributed by atoms with Crippen LogP contribution in [0.2, 0.25) is 0 Å². The number of rotatable bonds is 6. The maximum Gasteiger partial charge on any atom is 0.243 e. The van der Waals surface area contributed by atoms with Gasteiger partial charge in [0.15, 0.2) is 11.8 Å². The molecular formula is C21H31N7O. The predicted molar refractivity (Wildman–Crippen MR) is 114 cm³/mol. The van der Waals surface area contributed by atoms with Crippen LogP contribution in [0.4, 0.5) is 0 Å². The molecule has 2 aromatic rings. The van der Waals surface area contributed by atoms with Crippen LogP contribution in [0.15, 0.2) is 35.3 Å². The third-order valence-electron chi connectivity index (χ3n) is 5.08. The van der Waals surface area contributed by atoms with Crippen molar-refractivity contribution in [3.05, 3.63) is 47.5 Å². The smallest absolute Gasteiger partial charge is 0.243 e. The standard InChI is InChI=1S/C21H31N7O/c1-5-18-25-19-12-11-17(14-28(19)26-18)24-21(22-13-20(29)27(3)4)23-15(2)16-9-7-6-8-10-16/h6-10,15,17H,5,11-14H2,1-4H3,(H2,22,23,24). The second-order valence-corrected chi connectivity index (χ2v) is 7.59. The van der Waals surface area contributed by atoms with Crippen molar-refractivity contribution < 1.29 is 4.79 Å². The molecule has 1 aromatic heterocycles. The summed E-state index contributed by atoms with van der Waals surface area (Å²) >= 11 is 0. The number of amides is 1. The molecule has 2 heterocycles. The maximum atomic E-state index is 12.0. The molecule has 1 aliphatic heterocycles. The van der Waals surface area contributed by atoms with Gasteiger partial charge in [-0.1, -0.05) is 37.3 Å². The van der Waals surface area contributed by atoms with Gasteiger partial charge in [0.05, 0.1) is 12.6 Å². The molecule has 1 aliphatic rings. The zero-order valence-corrected chi connectivity index (χ0v) is 17.7. The number of fused-ring (bicyclic) bond motifs is 1. The maximum absolute atomic E-state index is 12.0. The lowest BCUT2D eigenvalue weighted by Gasteiger charge is -2.27. The van der Waals surface area contributed by atoms with Gasteiger partial charge in [-0.3, -0.25) is 4.79 Å². The monoisotopic (exact) mass is 397 g/mol. The largest absolute Gasteiger partial charge is 0.352 e. The molecular weight excluding hydrogens is 366 g/mol. The number of carbonyl (C=O) groups excluding carboxylic acids is 1. The van der Waals surface area contributed by atoms with Crippen LogP contribution in [0, 0.1) is 0 Å². The fraction of sp³-hybridized carbons (Fsp3) is 0.524. The molecule has 8 heteroatoms. The number of hydrogen-bond acceptors (Lipinski definition) is 4. The second kappa shape index (κ2) is 9.54. The molecule has 0 aliphatic carbocycles. The van der Waals surface area contributed by atoms with Crippen molar-refractivity contribution >= 4 is 11.9 Å². The lowest BCUT2D eigenvalue weighted by Crippen LogP contribution is -2.48. The molecule has 3 rings (SSSR count). The molecule has 8 nitrogen and oxygen atoms in total. The average molecular weight is 398 g/mol. The van der Waals surface area contributed by atoms with Crippen molar-refractivity contribution in [1.82, 2.24) is 30.3 Å². The van der Waals surface area contributed by atoms with E-state index in [1.165, 1.54) is 0 Å². The third kappa shape index (κ3) is 5.56. The number of hydrogen-bond donors (Lipinski definition) is 2. The highest BCUT2D eigenvalue weighted by Gasteiger charge is 2.23. The molecule has 0 spiro atoms. The Kier molecular flexibility index (Phi) is 6.85. The first-order valence-electron chi connectivity index (χ1n) is 10.2. The Labute approximate surface area is 172 Å². The molecule has 2 N–H and O–H groups in total. The Morgan fingerprint density at radius 2 is 2.10 bits per heavy atom. The summed E-state index contributed by atoms with van der Waals surface area (Å²) < 4.78 is 1.99. The first-order chi connectivity index (χ1) is 14.0. The van der Waals surface area contributed by atoms with E-state index >= 15 is 0 Å². The Morgan fingerprint density at radius 3 is 2.79 bits per heavy atom. The van der Waals surface area contributed by atoms with E-state index in [2.05, 4.69) is 51.7 Å². The van der Waals surface area contributed by atoms with Gasteiger partial charge in [-0.2, -0.15) is 5.10 Å². The van der Waals surface area contributed by atoms with Gasteiger partial charge >= 0.3 is 0 Å². The van der Waals surface area contributed by atoms with Gasteiger partial charge in [0.1, 0.15) is 12.4 Å². The van der Waals surface area contributed by atoms with Gasteiger partial charge in [0, 0.05) is 33.0 Å². The predicted octanol–water partition coefficient (Wildman–Crippen LogP) is 1.54. The van der Waals surface area contributed by atoms with Crippen molar-refractivity contribution in [2.75, 3.05) is 20.6 Å². The summed E-state index contributed by atoms with van der Waals surface area (Å²) in [6, 6.07) is 10.4.